The number of carboxylic acids is 1. The van der Waals surface area contributed by atoms with Crippen LogP contribution in [0.25, 0.3) is 11.4 Å². The third-order valence-corrected chi connectivity index (χ3v) is 2.05. The van der Waals surface area contributed by atoms with E-state index in [2.05, 4.69) is 9.97 Å². The van der Waals surface area contributed by atoms with Crippen molar-refractivity contribution in [2.75, 3.05) is 0 Å². The van der Waals surface area contributed by atoms with Crippen LogP contribution in [0.1, 0.15) is 10.4 Å². The molecular weight excluding hydrogens is 208 g/mol. The molecule has 0 radical (unpaired) electrons. The number of pyridine rings is 2. The van der Waals surface area contributed by atoms with Crippen LogP contribution < -0.4 is 5.56 Å². The van der Waals surface area contributed by atoms with E-state index in [0.717, 1.165) is 0 Å². The molecule has 0 aliphatic rings. The van der Waals surface area contributed by atoms with E-state index in [1.54, 1.807) is 18.2 Å². The average molecular weight is 216 g/mol. The van der Waals surface area contributed by atoms with Gasteiger partial charge >= 0.3 is 5.97 Å². The highest BCUT2D eigenvalue weighted by atomic mass is 16.4. The minimum Gasteiger partial charge on any atom is -0.478 e. The largest absolute Gasteiger partial charge is 0.478 e. The van der Waals surface area contributed by atoms with Crippen molar-refractivity contribution >= 4 is 5.97 Å². The Kier molecular flexibility index (Phi) is 2.51. The van der Waals surface area contributed by atoms with E-state index < -0.39 is 5.97 Å². The van der Waals surface area contributed by atoms with E-state index in [-0.39, 0.29) is 11.1 Å². The summed E-state index contributed by atoms with van der Waals surface area (Å²) in [5, 5.41) is 8.69. The zero-order chi connectivity index (χ0) is 11.5. The number of nitrogens with one attached hydrogen (secondary N) is 1. The van der Waals surface area contributed by atoms with Crippen LogP contribution in [0.3, 0.4) is 0 Å². The van der Waals surface area contributed by atoms with Crippen molar-refractivity contribution in [3.05, 3.63) is 52.4 Å². The topological polar surface area (TPSA) is 83.0 Å². The predicted octanol–water partition coefficient (Wildman–Crippen LogP) is 1.14. The summed E-state index contributed by atoms with van der Waals surface area (Å²) in [6, 6.07) is 7.70. The number of aromatic carboxylic acids is 1. The first-order chi connectivity index (χ1) is 7.66. The average Bonchev–Trinajstić information content (AvgIpc) is 2.29. The molecule has 0 bridgehead atoms. The number of hydrogen-bond acceptors (Lipinski definition) is 3. The molecule has 2 aromatic heterocycles. The van der Waals surface area contributed by atoms with Gasteiger partial charge in [-0.3, -0.25) is 9.78 Å². The fourth-order valence-corrected chi connectivity index (χ4v) is 1.28. The predicted molar refractivity (Wildman–Crippen MR) is 57.3 cm³/mol. The molecule has 2 N–H and O–H groups in total. The van der Waals surface area contributed by atoms with Crippen molar-refractivity contribution in [1.29, 1.82) is 0 Å². The van der Waals surface area contributed by atoms with Crippen molar-refractivity contribution in [3.63, 3.8) is 0 Å². The maximum Gasteiger partial charge on any atom is 0.337 e. The van der Waals surface area contributed by atoms with Crippen LogP contribution in [-0.4, -0.2) is 21.0 Å². The molecule has 0 aliphatic heterocycles. The minimum atomic E-state index is -1.03. The molecule has 80 valence electrons. The molecule has 16 heavy (non-hydrogen) atoms. The second kappa shape index (κ2) is 3.98. The highest BCUT2D eigenvalue weighted by Crippen LogP contribution is 2.12. The SMILES string of the molecule is O=C(O)c1ccc(-c2cccc(=O)[nH]2)nc1. The Morgan fingerprint density at radius 3 is 2.62 bits per heavy atom. The van der Waals surface area contributed by atoms with Gasteiger partial charge in [0.25, 0.3) is 0 Å². The highest BCUT2D eigenvalue weighted by molar-refractivity contribution is 5.87. The van der Waals surface area contributed by atoms with E-state index in [0.29, 0.717) is 11.4 Å². The van der Waals surface area contributed by atoms with Crippen LogP contribution in [0, 0.1) is 0 Å². The number of nitrogens with zero attached hydrogens (tertiary/aromatic N) is 1. The highest BCUT2D eigenvalue weighted by Gasteiger charge is 2.04. The second-order valence-corrected chi connectivity index (χ2v) is 3.17. The van der Waals surface area contributed by atoms with Crippen LogP contribution in [-0.2, 0) is 0 Å². The summed E-state index contributed by atoms with van der Waals surface area (Å²) < 4.78 is 0. The van der Waals surface area contributed by atoms with Crippen LogP contribution >= 0.6 is 0 Å². The van der Waals surface area contributed by atoms with E-state index in [1.165, 1.54) is 18.3 Å². The summed E-state index contributed by atoms with van der Waals surface area (Å²) in [5.74, 6) is -1.03. The van der Waals surface area contributed by atoms with Gasteiger partial charge in [-0.15, -0.1) is 0 Å². The lowest BCUT2D eigenvalue weighted by atomic mass is 10.2. The van der Waals surface area contributed by atoms with Crippen molar-refractivity contribution in [2.45, 2.75) is 0 Å². The van der Waals surface area contributed by atoms with Gasteiger partial charge in [0, 0.05) is 12.3 Å². The van der Waals surface area contributed by atoms with Crippen LogP contribution in [0.2, 0.25) is 0 Å². The fourth-order valence-electron chi connectivity index (χ4n) is 1.28. The van der Waals surface area contributed by atoms with Gasteiger partial charge in [0.2, 0.25) is 5.56 Å². The first kappa shape index (κ1) is 10.1. The summed E-state index contributed by atoms with van der Waals surface area (Å²) in [6.07, 6.45) is 1.25. The molecule has 0 saturated heterocycles. The lowest BCUT2D eigenvalue weighted by Crippen LogP contribution is -2.04. The molecule has 0 unspecified atom stereocenters. The Hall–Kier alpha value is -2.43. The maximum atomic E-state index is 11.1. The van der Waals surface area contributed by atoms with E-state index in [1.807, 2.05) is 0 Å². The summed E-state index contributed by atoms with van der Waals surface area (Å²) in [7, 11) is 0. The summed E-state index contributed by atoms with van der Waals surface area (Å²) in [4.78, 5) is 28.2. The van der Waals surface area contributed by atoms with Gasteiger partial charge in [-0.2, -0.15) is 0 Å². The van der Waals surface area contributed by atoms with Gasteiger partial charge in [-0.25, -0.2) is 4.79 Å². The number of carbonyl (C=O) groups is 1. The zero-order valence-electron chi connectivity index (χ0n) is 8.18. The number of H-pyrrole nitrogens is 1. The lowest BCUT2D eigenvalue weighted by Gasteiger charge is -2.00. The van der Waals surface area contributed by atoms with Crippen LogP contribution in [0.5, 0.6) is 0 Å². The van der Waals surface area contributed by atoms with Gasteiger partial charge in [-0.1, -0.05) is 6.07 Å². The van der Waals surface area contributed by atoms with E-state index in [4.69, 9.17) is 5.11 Å². The Balaban J connectivity index is 2.42. The zero-order valence-corrected chi connectivity index (χ0v) is 8.18. The molecule has 5 nitrogen and oxygen atoms in total. The van der Waals surface area contributed by atoms with Gasteiger partial charge in [0.15, 0.2) is 0 Å². The third-order valence-electron chi connectivity index (χ3n) is 2.05. The monoisotopic (exact) mass is 216 g/mol. The van der Waals surface area contributed by atoms with Crippen molar-refractivity contribution < 1.29 is 9.90 Å². The maximum absolute atomic E-state index is 11.1. The van der Waals surface area contributed by atoms with Crippen molar-refractivity contribution in [3.8, 4) is 11.4 Å². The normalized spacial score (nSPS) is 10.0. The summed E-state index contributed by atoms with van der Waals surface area (Å²) >= 11 is 0. The molecule has 0 spiro atoms. The minimum absolute atomic E-state index is 0.113. The quantitative estimate of drug-likeness (QED) is 0.788. The molecule has 0 aliphatic carbocycles. The Morgan fingerprint density at radius 2 is 2.06 bits per heavy atom. The van der Waals surface area contributed by atoms with E-state index in [9.17, 15) is 9.59 Å². The lowest BCUT2D eigenvalue weighted by molar-refractivity contribution is 0.0696. The Bertz CT molecular complexity index is 572. The van der Waals surface area contributed by atoms with Gasteiger partial charge in [0.05, 0.1) is 17.0 Å². The van der Waals surface area contributed by atoms with Crippen LogP contribution in [0.15, 0.2) is 41.3 Å². The molecule has 0 amide bonds. The third kappa shape index (κ3) is 1.98. The number of carboxylic acid groups (broad SMARTS) is 1. The second-order valence-electron chi connectivity index (χ2n) is 3.17. The molecule has 5 heteroatoms. The molecule has 2 aromatic rings. The van der Waals surface area contributed by atoms with Gasteiger partial charge < -0.3 is 10.1 Å². The molecule has 2 rings (SSSR count). The first-order valence-electron chi connectivity index (χ1n) is 4.56. The summed E-state index contributed by atoms with van der Waals surface area (Å²) in [6.45, 7) is 0. The molecular formula is C11H8N2O3. The number of hydrogen-bond donors (Lipinski definition) is 2. The first-order valence-corrected chi connectivity index (χ1v) is 4.56. The number of aromatic amines is 1. The standard InChI is InChI=1S/C11H8N2O3/c14-10-3-1-2-9(13-10)8-5-4-7(6-12-8)11(15)16/h1-6H,(H,13,14)(H,15,16). The molecule has 0 aromatic carbocycles. The molecule has 0 saturated carbocycles. The Morgan fingerprint density at radius 1 is 1.25 bits per heavy atom. The molecule has 0 atom stereocenters. The van der Waals surface area contributed by atoms with Gasteiger partial charge in [0.1, 0.15) is 0 Å². The number of aromatic nitrogens is 2. The van der Waals surface area contributed by atoms with Crippen LogP contribution in [0.4, 0.5) is 0 Å². The number of rotatable bonds is 2. The van der Waals surface area contributed by atoms with Gasteiger partial charge in [-0.05, 0) is 18.2 Å². The van der Waals surface area contributed by atoms with Crippen molar-refractivity contribution in [1.82, 2.24) is 9.97 Å². The molecule has 2 heterocycles. The van der Waals surface area contributed by atoms with E-state index >= 15 is 0 Å². The summed E-state index contributed by atoms with van der Waals surface area (Å²) in [5.41, 5.74) is 0.982. The smallest absolute Gasteiger partial charge is 0.337 e. The fraction of sp³-hybridized carbons (Fsp3) is 0. The van der Waals surface area contributed by atoms with Crippen molar-refractivity contribution in [2.24, 2.45) is 0 Å². The molecule has 0 fully saturated rings. The Labute approximate surface area is 90.4 Å².